The van der Waals surface area contributed by atoms with Crippen LogP contribution in [0, 0.1) is 5.82 Å². The smallest absolute Gasteiger partial charge is 0.126 e. The summed E-state index contributed by atoms with van der Waals surface area (Å²) in [6.45, 7) is 0. The van der Waals surface area contributed by atoms with Crippen LogP contribution >= 0.6 is 0 Å². The zero-order valence-corrected chi connectivity index (χ0v) is 7.94. The summed E-state index contributed by atoms with van der Waals surface area (Å²) < 4.78 is 12.7. The third kappa shape index (κ3) is 1.91. The molecular formula is C12H10FNO. The Morgan fingerprint density at radius 1 is 1.00 bits per heavy atom. The van der Waals surface area contributed by atoms with E-state index >= 15 is 0 Å². The Bertz CT molecular complexity index is 479. The number of benzene rings is 2. The summed E-state index contributed by atoms with van der Waals surface area (Å²) in [6, 6.07) is 11.0. The van der Waals surface area contributed by atoms with Crippen LogP contribution in [0.4, 0.5) is 10.1 Å². The normalized spacial score (nSPS) is 10.2. The molecule has 0 aromatic heterocycles. The standard InChI is InChI=1S/C12H10FNO/c13-9-3-6-11(12(15)7-9)8-1-4-10(14)5-2-8/h1-7,15H,14H2. The minimum atomic E-state index is -0.452. The highest BCUT2D eigenvalue weighted by Gasteiger charge is 2.04. The maximum Gasteiger partial charge on any atom is 0.126 e. The molecule has 2 nitrogen and oxygen atoms in total. The molecule has 0 unspecified atom stereocenters. The van der Waals surface area contributed by atoms with Gasteiger partial charge in [0.15, 0.2) is 0 Å². The lowest BCUT2D eigenvalue weighted by Gasteiger charge is -2.04. The van der Waals surface area contributed by atoms with E-state index in [1.165, 1.54) is 12.1 Å². The van der Waals surface area contributed by atoms with Gasteiger partial charge in [-0.15, -0.1) is 0 Å². The third-order valence-electron chi connectivity index (χ3n) is 2.18. The van der Waals surface area contributed by atoms with Crippen LogP contribution < -0.4 is 5.73 Å². The van der Waals surface area contributed by atoms with E-state index in [2.05, 4.69) is 0 Å². The molecule has 0 bridgehead atoms. The van der Waals surface area contributed by atoms with Crippen LogP contribution in [0.1, 0.15) is 0 Å². The minimum Gasteiger partial charge on any atom is -0.507 e. The van der Waals surface area contributed by atoms with Crippen molar-refractivity contribution in [2.75, 3.05) is 5.73 Å². The average molecular weight is 203 g/mol. The molecule has 0 aliphatic carbocycles. The molecule has 0 aliphatic heterocycles. The molecule has 3 N–H and O–H groups in total. The first-order valence-corrected chi connectivity index (χ1v) is 4.51. The zero-order valence-electron chi connectivity index (χ0n) is 7.94. The second kappa shape index (κ2) is 3.61. The lowest BCUT2D eigenvalue weighted by molar-refractivity contribution is 0.471. The van der Waals surface area contributed by atoms with Crippen LogP contribution in [0.3, 0.4) is 0 Å². The summed E-state index contributed by atoms with van der Waals surface area (Å²) in [5, 5.41) is 9.54. The number of aromatic hydroxyl groups is 1. The molecule has 2 rings (SSSR count). The third-order valence-corrected chi connectivity index (χ3v) is 2.18. The molecular weight excluding hydrogens is 193 g/mol. The predicted octanol–water partition coefficient (Wildman–Crippen LogP) is 2.78. The highest BCUT2D eigenvalue weighted by Crippen LogP contribution is 2.29. The quantitative estimate of drug-likeness (QED) is 0.700. The maximum atomic E-state index is 12.7. The number of halogens is 1. The van der Waals surface area contributed by atoms with E-state index in [0.29, 0.717) is 11.3 Å². The van der Waals surface area contributed by atoms with Crippen LogP contribution in [-0.2, 0) is 0 Å². The molecule has 3 heteroatoms. The fourth-order valence-corrected chi connectivity index (χ4v) is 1.41. The SMILES string of the molecule is Nc1ccc(-c2ccc(F)cc2O)cc1. The summed E-state index contributed by atoms with van der Waals surface area (Å²) in [4.78, 5) is 0. The molecule has 0 saturated carbocycles. The molecule has 0 aliphatic rings. The molecule has 0 heterocycles. The van der Waals surface area contributed by atoms with Crippen molar-refractivity contribution < 1.29 is 9.50 Å². The van der Waals surface area contributed by atoms with Crippen molar-refractivity contribution in [3.8, 4) is 16.9 Å². The lowest BCUT2D eigenvalue weighted by Crippen LogP contribution is -1.85. The Hall–Kier alpha value is -2.03. The lowest BCUT2D eigenvalue weighted by atomic mass is 10.0. The van der Waals surface area contributed by atoms with Crippen LogP contribution in [0.5, 0.6) is 5.75 Å². The van der Waals surface area contributed by atoms with Gasteiger partial charge in [-0.25, -0.2) is 4.39 Å². The van der Waals surface area contributed by atoms with Gasteiger partial charge >= 0.3 is 0 Å². The van der Waals surface area contributed by atoms with Gasteiger partial charge in [-0.3, -0.25) is 0 Å². The summed E-state index contributed by atoms with van der Waals surface area (Å²) in [5.41, 5.74) is 7.60. The van der Waals surface area contributed by atoms with E-state index in [0.717, 1.165) is 11.6 Å². The minimum absolute atomic E-state index is 0.0697. The first-order chi connectivity index (χ1) is 7.16. The van der Waals surface area contributed by atoms with Gasteiger partial charge in [-0.05, 0) is 29.8 Å². The number of hydrogen-bond acceptors (Lipinski definition) is 2. The Balaban J connectivity index is 2.49. The van der Waals surface area contributed by atoms with E-state index in [-0.39, 0.29) is 5.75 Å². The number of anilines is 1. The number of phenolic OH excluding ortho intramolecular Hbond substituents is 1. The van der Waals surface area contributed by atoms with Crippen molar-refractivity contribution in [1.29, 1.82) is 0 Å². The van der Waals surface area contributed by atoms with E-state index in [4.69, 9.17) is 5.73 Å². The van der Waals surface area contributed by atoms with Gasteiger partial charge in [-0.1, -0.05) is 12.1 Å². The van der Waals surface area contributed by atoms with E-state index < -0.39 is 5.82 Å². The van der Waals surface area contributed by atoms with Gasteiger partial charge in [0.25, 0.3) is 0 Å². The van der Waals surface area contributed by atoms with E-state index in [1.54, 1.807) is 24.3 Å². The second-order valence-electron chi connectivity index (χ2n) is 3.28. The Morgan fingerprint density at radius 2 is 1.67 bits per heavy atom. The van der Waals surface area contributed by atoms with Gasteiger partial charge in [0.2, 0.25) is 0 Å². The number of phenols is 1. The summed E-state index contributed by atoms with van der Waals surface area (Å²) in [5.74, 6) is -0.522. The van der Waals surface area contributed by atoms with Crippen molar-refractivity contribution in [2.45, 2.75) is 0 Å². The van der Waals surface area contributed by atoms with Gasteiger partial charge in [0, 0.05) is 17.3 Å². The largest absolute Gasteiger partial charge is 0.507 e. The first kappa shape index (κ1) is 9.52. The number of hydrogen-bond donors (Lipinski definition) is 2. The second-order valence-corrected chi connectivity index (χ2v) is 3.28. The molecule has 2 aromatic carbocycles. The Morgan fingerprint density at radius 3 is 2.27 bits per heavy atom. The van der Waals surface area contributed by atoms with Crippen molar-refractivity contribution in [2.24, 2.45) is 0 Å². The number of nitrogen functional groups attached to an aromatic ring is 1. The highest BCUT2D eigenvalue weighted by molar-refractivity contribution is 5.71. The molecule has 0 fully saturated rings. The van der Waals surface area contributed by atoms with E-state index in [1.807, 2.05) is 0 Å². The molecule has 2 aromatic rings. The summed E-state index contributed by atoms with van der Waals surface area (Å²) in [6.07, 6.45) is 0. The molecule has 0 saturated heterocycles. The average Bonchev–Trinajstić information content (AvgIpc) is 2.20. The van der Waals surface area contributed by atoms with Crippen molar-refractivity contribution in [3.05, 3.63) is 48.3 Å². The Kier molecular flexibility index (Phi) is 2.29. The maximum absolute atomic E-state index is 12.7. The van der Waals surface area contributed by atoms with Crippen LogP contribution in [0.2, 0.25) is 0 Å². The van der Waals surface area contributed by atoms with Crippen LogP contribution in [0.15, 0.2) is 42.5 Å². The highest BCUT2D eigenvalue weighted by atomic mass is 19.1. The molecule has 0 amide bonds. The summed E-state index contributed by atoms with van der Waals surface area (Å²) >= 11 is 0. The zero-order chi connectivity index (χ0) is 10.8. The van der Waals surface area contributed by atoms with Crippen molar-refractivity contribution in [3.63, 3.8) is 0 Å². The van der Waals surface area contributed by atoms with Gasteiger partial charge in [-0.2, -0.15) is 0 Å². The van der Waals surface area contributed by atoms with E-state index in [9.17, 15) is 9.50 Å². The molecule has 76 valence electrons. The van der Waals surface area contributed by atoms with Crippen molar-refractivity contribution in [1.82, 2.24) is 0 Å². The van der Waals surface area contributed by atoms with Gasteiger partial charge in [0.05, 0.1) is 0 Å². The number of rotatable bonds is 1. The fraction of sp³-hybridized carbons (Fsp3) is 0. The van der Waals surface area contributed by atoms with Crippen LogP contribution in [-0.4, -0.2) is 5.11 Å². The fourth-order valence-electron chi connectivity index (χ4n) is 1.41. The summed E-state index contributed by atoms with van der Waals surface area (Å²) in [7, 11) is 0. The van der Waals surface area contributed by atoms with Gasteiger partial charge in [0.1, 0.15) is 11.6 Å². The monoisotopic (exact) mass is 203 g/mol. The molecule has 0 atom stereocenters. The molecule has 0 spiro atoms. The first-order valence-electron chi connectivity index (χ1n) is 4.51. The van der Waals surface area contributed by atoms with Gasteiger partial charge < -0.3 is 10.8 Å². The topological polar surface area (TPSA) is 46.2 Å². The molecule has 15 heavy (non-hydrogen) atoms. The van der Waals surface area contributed by atoms with Crippen LogP contribution in [0.25, 0.3) is 11.1 Å². The number of nitrogens with two attached hydrogens (primary N) is 1. The predicted molar refractivity (Wildman–Crippen MR) is 57.9 cm³/mol. The molecule has 0 radical (unpaired) electrons. The van der Waals surface area contributed by atoms with Crippen molar-refractivity contribution >= 4 is 5.69 Å². The Labute approximate surface area is 86.8 Å².